The van der Waals surface area contributed by atoms with E-state index in [4.69, 9.17) is 4.74 Å². The molecule has 21 heavy (non-hydrogen) atoms. The highest BCUT2D eigenvalue weighted by atomic mass is 16.5. The van der Waals surface area contributed by atoms with Crippen LogP contribution in [0.2, 0.25) is 0 Å². The first-order valence-corrected chi connectivity index (χ1v) is 7.82. The minimum Gasteiger partial charge on any atom is -0.453 e. The molecule has 1 saturated heterocycles. The monoisotopic (exact) mass is 298 g/mol. The van der Waals surface area contributed by atoms with E-state index in [1.54, 1.807) is 9.80 Å². The van der Waals surface area contributed by atoms with Crippen molar-refractivity contribution in [3.63, 3.8) is 0 Å². The third-order valence-corrected chi connectivity index (χ3v) is 4.40. The molecule has 2 fully saturated rings. The van der Waals surface area contributed by atoms with E-state index in [-0.39, 0.29) is 24.7 Å². The number of hydrogen-bond donors (Lipinski definition) is 0. The smallest absolute Gasteiger partial charge is 0.409 e. The van der Waals surface area contributed by atoms with Crippen molar-refractivity contribution in [2.24, 2.45) is 5.92 Å². The van der Waals surface area contributed by atoms with Gasteiger partial charge in [-0.05, 0) is 18.8 Å². The van der Waals surface area contributed by atoms with Crippen LogP contribution in [-0.2, 0) is 14.3 Å². The molecule has 0 unspecified atom stereocenters. The predicted molar refractivity (Wildman–Crippen MR) is 77.9 cm³/mol. The van der Waals surface area contributed by atoms with Crippen LogP contribution in [0, 0.1) is 5.92 Å². The molecule has 2 amide bonds. The van der Waals surface area contributed by atoms with Crippen LogP contribution in [0.3, 0.4) is 0 Å². The van der Waals surface area contributed by atoms with E-state index in [0.29, 0.717) is 32.1 Å². The van der Waals surface area contributed by atoms with E-state index < -0.39 is 0 Å². The normalized spacial score (nSPS) is 26.6. The molecule has 0 aromatic heterocycles. The molecule has 1 aliphatic carbocycles. The fourth-order valence-electron chi connectivity index (χ4n) is 3.08. The Hall–Kier alpha value is -1.30. The van der Waals surface area contributed by atoms with Gasteiger partial charge in [0.2, 0.25) is 5.91 Å². The Balaban J connectivity index is 1.68. The van der Waals surface area contributed by atoms with Gasteiger partial charge in [-0.2, -0.15) is 0 Å². The number of carbonyl (C=O) groups is 2. The molecule has 0 bridgehead atoms. The maximum absolute atomic E-state index is 12.1. The van der Waals surface area contributed by atoms with E-state index in [0.717, 1.165) is 12.8 Å². The molecule has 0 aromatic rings. The lowest BCUT2D eigenvalue weighted by molar-refractivity contribution is -0.140. The number of methoxy groups -OCH3 is 1. The van der Waals surface area contributed by atoms with Gasteiger partial charge in [0.25, 0.3) is 0 Å². The van der Waals surface area contributed by atoms with Crippen molar-refractivity contribution in [2.75, 3.05) is 39.9 Å². The van der Waals surface area contributed by atoms with E-state index in [2.05, 4.69) is 11.7 Å². The van der Waals surface area contributed by atoms with Crippen molar-refractivity contribution in [3.05, 3.63) is 0 Å². The maximum atomic E-state index is 12.1. The highest BCUT2D eigenvalue weighted by Crippen LogP contribution is 2.25. The van der Waals surface area contributed by atoms with Crippen LogP contribution in [0.4, 0.5) is 4.79 Å². The Labute approximate surface area is 126 Å². The molecule has 1 saturated carbocycles. The molecule has 0 spiro atoms. The van der Waals surface area contributed by atoms with E-state index in [1.165, 1.54) is 20.0 Å². The number of hydrogen-bond acceptors (Lipinski definition) is 4. The summed E-state index contributed by atoms with van der Waals surface area (Å²) in [5.41, 5.74) is 0. The summed E-state index contributed by atoms with van der Waals surface area (Å²) in [5.74, 6) is 0.722. The maximum Gasteiger partial charge on any atom is 0.409 e. The lowest BCUT2D eigenvalue weighted by Gasteiger charge is -2.34. The zero-order valence-corrected chi connectivity index (χ0v) is 13.0. The minimum atomic E-state index is -0.324. The fourth-order valence-corrected chi connectivity index (χ4v) is 3.08. The number of piperazine rings is 1. The summed E-state index contributed by atoms with van der Waals surface area (Å²) in [4.78, 5) is 26.9. The van der Waals surface area contributed by atoms with Gasteiger partial charge in [-0.1, -0.05) is 19.8 Å². The average Bonchev–Trinajstić information content (AvgIpc) is 2.52. The van der Waals surface area contributed by atoms with Crippen LogP contribution in [0.5, 0.6) is 0 Å². The molecule has 6 nitrogen and oxygen atoms in total. The molecule has 1 heterocycles. The largest absolute Gasteiger partial charge is 0.453 e. The number of rotatable bonds is 3. The van der Waals surface area contributed by atoms with Gasteiger partial charge in [0.05, 0.1) is 13.2 Å². The lowest BCUT2D eigenvalue weighted by atomic mass is 9.89. The van der Waals surface area contributed by atoms with Crippen LogP contribution in [0.15, 0.2) is 0 Å². The second-order valence-electron chi connectivity index (χ2n) is 6.04. The first-order valence-electron chi connectivity index (χ1n) is 7.82. The Bertz CT molecular complexity index is 367. The summed E-state index contributed by atoms with van der Waals surface area (Å²) in [7, 11) is 1.37. The van der Waals surface area contributed by atoms with E-state index >= 15 is 0 Å². The van der Waals surface area contributed by atoms with E-state index in [9.17, 15) is 9.59 Å². The number of carbonyl (C=O) groups excluding carboxylic acids is 2. The third-order valence-electron chi connectivity index (χ3n) is 4.40. The number of amides is 2. The van der Waals surface area contributed by atoms with Crippen molar-refractivity contribution < 1.29 is 19.1 Å². The second kappa shape index (κ2) is 7.64. The fraction of sp³-hybridized carbons (Fsp3) is 0.867. The van der Waals surface area contributed by atoms with Gasteiger partial charge in [0, 0.05) is 26.2 Å². The molecule has 6 heteroatoms. The summed E-state index contributed by atoms with van der Waals surface area (Å²) in [6, 6.07) is 0. The van der Waals surface area contributed by atoms with Crippen LogP contribution in [0.25, 0.3) is 0 Å². The summed E-state index contributed by atoms with van der Waals surface area (Å²) in [6.45, 7) is 4.56. The highest BCUT2D eigenvalue weighted by Gasteiger charge is 2.26. The molecular weight excluding hydrogens is 272 g/mol. The summed E-state index contributed by atoms with van der Waals surface area (Å²) in [6.07, 6.45) is 4.49. The lowest BCUT2D eigenvalue weighted by Crippen LogP contribution is -2.51. The predicted octanol–water partition coefficient (Wildman–Crippen LogP) is 1.49. The van der Waals surface area contributed by atoms with Crippen molar-refractivity contribution in [2.45, 2.75) is 38.7 Å². The van der Waals surface area contributed by atoms with Crippen LogP contribution in [-0.4, -0.2) is 67.8 Å². The average molecular weight is 298 g/mol. The number of ether oxygens (including phenoxy) is 2. The molecule has 2 aliphatic rings. The quantitative estimate of drug-likeness (QED) is 0.792. The highest BCUT2D eigenvalue weighted by molar-refractivity contribution is 5.78. The molecule has 2 atom stereocenters. The Morgan fingerprint density at radius 2 is 1.76 bits per heavy atom. The first-order chi connectivity index (χ1) is 10.1. The zero-order chi connectivity index (χ0) is 15.2. The molecule has 2 rings (SSSR count). The van der Waals surface area contributed by atoms with Crippen molar-refractivity contribution >= 4 is 12.0 Å². The summed E-state index contributed by atoms with van der Waals surface area (Å²) < 4.78 is 10.4. The molecular formula is C15H26N2O4. The van der Waals surface area contributed by atoms with Crippen molar-refractivity contribution in [1.29, 1.82) is 0 Å². The zero-order valence-electron chi connectivity index (χ0n) is 13.0. The van der Waals surface area contributed by atoms with Gasteiger partial charge in [-0.15, -0.1) is 0 Å². The Morgan fingerprint density at radius 3 is 2.38 bits per heavy atom. The Morgan fingerprint density at radius 1 is 1.10 bits per heavy atom. The van der Waals surface area contributed by atoms with Crippen LogP contribution < -0.4 is 0 Å². The van der Waals surface area contributed by atoms with Gasteiger partial charge in [-0.25, -0.2) is 4.79 Å². The van der Waals surface area contributed by atoms with Gasteiger partial charge >= 0.3 is 6.09 Å². The minimum absolute atomic E-state index is 0.0257. The second-order valence-corrected chi connectivity index (χ2v) is 6.04. The topological polar surface area (TPSA) is 59.1 Å². The standard InChI is InChI=1S/C15H26N2O4/c1-12-4-3-5-13(10-12)21-11-14(18)16-6-8-17(9-7-16)15(19)20-2/h12-13H,3-11H2,1-2H3/t12-,13-/m1/s1. The van der Waals surface area contributed by atoms with Gasteiger partial charge < -0.3 is 19.3 Å². The first kappa shape index (κ1) is 16.1. The third kappa shape index (κ3) is 4.59. The van der Waals surface area contributed by atoms with Crippen molar-refractivity contribution in [1.82, 2.24) is 9.80 Å². The molecule has 0 N–H and O–H groups in total. The van der Waals surface area contributed by atoms with Crippen LogP contribution >= 0.6 is 0 Å². The van der Waals surface area contributed by atoms with Crippen LogP contribution in [0.1, 0.15) is 32.6 Å². The summed E-state index contributed by atoms with van der Waals surface area (Å²) in [5, 5.41) is 0. The van der Waals surface area contributed by atoms with Crippen molar-refractivity contribution in [3.8, 4) is 0 Å². The van der Waals surface area contributed by atoms with E-state index in [1.807, 2.05) is 0 Å². The summed E-state index contributed by atoms with van der Waals surface area (Å²) >= 11 is 0. The molecule has 1 aliphatic heterocycles. The Kier molecular flexibility index (Phi) is 5.85. The van der Waals surface area contributed by atoms with Gasteiger partial charge in [-0.3, -0.25) is 4.79 Å². The number of nitrogens with zero attached hydrogens (tertiary/aromatic N) is 2. The SMILES string of the molecule is COC(=O)N1CCN(C(=O)CO[C@@H]2CCC[C@@H](C)C2)CC1. The molecule has 0 radical (unpaired) electrons. The molecule has 120 valence electrons. The van der Waals surface area contributed by atoms with Gasteiger partial charge in [0.1, 0.15) is 6.61 Å². The van der Waals surface area contributed by atoms with Gasteiger partial charge in [0.15, 0.2) is 0 Å². The molecule has 0 aromatic carbocycles.